The van der Waals surface area contributed by atoms with Crippen LogP contribution >= 0.6 is 0 Å². The lowest BCUT2D eigenvalue weighted by atomic mass is 10.0. The molecule has 0 saturated heterocycles. The quantitative estimate of drug-likeness (QED) is 0.390. The molecule has 5 nitrogen and oxygen atoms in total. The van der Waals surface area contributed by atoms with Gasteiger partial charge in [0.2, 0.25) is 0 Å². The summed E-state index contributed by atoms with van der Waals surface area (Å²) in [6.45, 7) is 2.70. The summed E-state index contributed by atoms with van der Waals surface area (Å²) in [5.41, 5.74) is 3.51. The number of halogens is 2. The summed E-state index contributed by atoms with van der Waals surface area (Å²) in [6, 6.07) is 20.8. The number of aromatic nitrogens is 1. The second-order valence-corrected chi connectivity index (χ2v) is 8.05. The average Bonchev–Trinajstić information content (AvgIpc) is 3.24. The summed E-state index contributed by atoms with van der Waals surface area (Å²) < 4.78 is 35.9. The number of nitrogens with zero attached hydrogens (tertiary/aromatic N) is 2. The summed E-state index contributed by atoms with van der Waals surface area (Å²) >= 11 is 0. The van der Waals surface area contributed by atoms with Gasteiger partial charge in [0.1, 0.15) is 17.4 Å². The molecule has 34 heavy (non-hydrogen) atoms. The van der Waals surface area contributed by atoms with Crippen molar-refractivity contribution in [2.75, 3.05) is 11.9 Å². The van der Waals surface area contributed by atoms with Crippen LogP contribution in [0.4, 0.5) is 19.3 Å². The number of carbonyl (C=O) groups excluding carboxylic acids is 1. The van der Waals surface area contributed by atoms with Crippen molar-refractivity contribution in [3.63, 3.8) is 0 Å². The zero-order valence-electron chi connectivity index (χ0n) is 18.5. The average molecular weight is 459 g/mol. The lowest BCUT2D eigenvalue weighted by Gasteiger charge is -2.31. The first kappa shape index (κ1) is 21.7. The van der Waals surface area contributed by atoms with Gasteiger partial charge in [-0.2, -0.15) is 0 Å². The van der Waals surface area contributed by atoms with Gasteiger partial charge >= 0.3 is 6.03 Å². The third kappa shape index (κ3) is 4.12. The number of para-hydroxylation sites is 1. The molecular formula is C27H23F2N3O2. The highest BCUT2D eigenvalue weighted by molar-refractivity contribution is 5.90. The predicted octanol–water partition coefficient (Wildman–Crippen LogP) is 6.29. The first-order chi connectivity index (χ1) is 16.5. The smallest absolute Gasteiger partial charge is 0.322 e. The molecule has 0 fully saturated rings. The molecule has 2 amide bonds. The zero-order chi connectivity index (χ0) is 23.7. The highest BCUT2D eigenvalue weighted by Crippen LogP contribution is 2.37. The molecule has 1 N–H and O–H groups in total. The molecule has 0 aliphatic carbocycles. The van der Waals surface area contributed by atoms with E-state index in [1.807, 2.05) is 54.1 Å². The Bertz CT molecular complexity index is 1310. The molecule has 0 spiro atoms. The first-order valence-corrected chi connectivity index (χ1v) is 11.1. The van der Waals surface area contributed by atoms with Gasteiger partial charge in [-0.25, -0.2) is 13.6 Å². The van der Waals surface area contributed by atoms with Crippen molar-refractivity contribution in [1.82, 2.24) is 9.47 Å². The molecule has 0 radical (unpaired) electrons. The summed E-state index contributed by atoms with van der Waals surface area (Å²) in [7, 11) is 0. The van der Waals surface area contributed by atoms with Gasteiger partial charge in [-0.1, -0.05) is 18.2 Å². The number of carbonyl (C=O) groups is 1. The van der Waals surface area contributed by atoms with Gasteiger partial charge in [0.05, 0.1) is 24.9 Å². The fraction of sp³-hybridized carbons (Fsp3) is 0.148. The summed E-state index contributed by atoms with van der Waals surface area (Å²) in [5.74, 6) is -0.682. The molecule has 0 saturated carbocycles. The molecule has 7 heteroatoms. The van der Waals surface area contributed by atoms with Crippen molar-refractivity contribution in [2.45, 2.75) is 19.5 Å². The summed E-state index contributed by atoms with van der Waals surface area (Å²) in [6.07, 6.45) is 1.89. The highest BCUT2D eigenvalue weighted by Gasteiger charge is 2.33. The van der Waals surface area contributed by atoms with Crippen LogP contribution in [0.3, 0.4) is 0 Å². The number of fused-ring (bicyclic) bond motifs is 3. The van der Waals surface area contributed by atoms with Gasteiger partial charge < -0.3 is 19.5 Å². The standard InChI is InChI=1S/C27H23F2N3O2/c1-2-34-23-11-9-22(10-12-23)30-27(33)32-17-18-6-3-4-7-24(18)31-13-5-8-25(31)26(32)19-14-20(28)16-21(29)15-19/h3-16,26H,2,17H2,1H3,(H,30,33). The second kappa shape index (κ2) is 9.02. The van der Waals surface area contributed by atoms with Gasteiger partial charge in [0, 0.05) is 23.6 Å². The van der Waals surface area contributed by atoms with E-state index in [4.69, 9.17) is 4.74 Å². The number of hydrogen-bond donors (Lipinski definition) is 1. The van der Waals surface area contributed by atoms with Crippen molar-refractivity contribution in [3.8, 4) is 11.4 Å². The zero-order valence-corrected chi connectivity index (χ0v) is 18.5. The van der Waals surface area contributed by atoms with E-state index in [0.29, 0.717) is 23.6 Å². The van der Waals surface area contributed by atoms with Crippen LogP contribution in [0.25, 0.3) is 5.69 Å². The fourth-order valence-corrected chi connectivity index (χ4v) is 4.42. The lowest BCUT2D eigenvalue weighted by Crippen LogP contribution is -2.38. The Morgan fingerprint density at radius 1 is 1.00 bits per heavy atom. The van der Waals surface area contributed by atoms with E-state index in [0.717, 1.165) is 23.0 Å². The molecule has 172 valence electrons. The van der Waals surface area contributed by atoms with E-state index in [-0.39, 0.29) is 12.6 Å². The Hall–Kier alpha value is -4.13. The Morgan fingerprint density at radius 2 is 1.74 bits per heavy atom. The Balaban J connectivity index is 1.58. The van der Waals surface area contributed by atoms with Crippen LogP contribution in [0, 0.1) is 11.6 Å². The minimum atomic E-state index is -0.713. The minimum absolute atomic E-state index is 0.253. The number of amides is 2. The van der Waals surface area contributed by atoms with Crippen molar-refractivity contribution in [3.05, 3.63) is 114 Å². The largest absolute Gasteiger partial charge is 0.494 e. The topological polar surface area (TPSA) is 46.5 Å². The van der Waals surface area contributed by atoms with Crippen LogP contribution in [0.5, 0.6) is 5.75 Å². The van der Waals surface area contributed by atoms with E-state index in [9.17, 15) is 13.6 Å². The van der Waals surface area contributed by atoms with Crippen LogP contribution in [0.15, 0.2) is 85.1 Å². The van der Waals surface area contributed by atoms with Gasteiger partial charge in [0.25, 0.3) is 0 Å². The number of nitrogens with one attached hydrogen (secondary N) is 1. The van der Waals surface area contributed by atoms with Gasteiger partial charge in [0.15, 0.2) is 0 Å². The Morgan fingerprint density at radius 3 is 2.47 bits per heavy atom. The van der Waals surface area contributed by atoms with Crippen LogP contribution in [-0.2, 0) is 6.54 Å². The molecule has 1 aliphatic heterocycles. The van der Waals surface area contributed by atoms with Crippen molar-refractivity contribution < 1.29 is 18.3 Å². The maximum absolute atomic E-state index is 14.2. The number of hydrogen-bond acceptors (Lipinski definition) is 2. The lowest BCUT2D eigenvalue weighted by molar-refractivity contribution is 0.194. The first-order valence-electron chi connectivity index (χ1n) is 11.1. The second-order valence-electron chi connectivity index (χ2n) is 8.05. The van der Waals surface area contributed by atoms with Crippen LogP contribution in [-0.4, -0.2) is 22.1 Å². The third-order valence-corrected chi connectivity index (χ3v) is 5.84. The van der Waals surface area contributed by atoms with Gasteiger partial charge in [-0.15, -0.1) is 0 Å². The third-order valence-electron chi connectivity index (χ3n) is 5.84. The van der Waals surface area contributed by atoms with E-state index < -0.39 is 17.7 Å². The SMILES string of the molecule is CCOc1ccc(NC(=O)N2Cc3ccccc3-n3cccc3C2c2cc(F)cc(F)c2)cc1. The summed E-state index contributed by atoms with van der Waals surface area (Å²) in [4.78, 5) is 15.2. The Kier molecular flexibility index (Phi) is 5.76. The van der Waals surface area contributed by atoms with E-state index in [1.165, 1.54) is 12.1 Å². The van der Waals surface area contributed by atoms with Gasteiger partial charge in [-0.05, 0) is 72.6 Å². The number of ether oxygens (including phenoxy) is 1. The molecule has 3 aromatic carbocycles. The van der Waals surface area contributed by atoms with Crippen LogP contribution in [0.2, 0.25) is 0 Å². The van der Waals surface area contributed by atoms with Crippen LogP contribution < -0.4 is 10.1 Å². The highest BCUT2D eigenvalue weighted by atomic mass is 19.1. The number of benzene rings is 3. The van der Waals surface area contributed by atoms with Crippen molar-refractivity contribution >= 4 is 11.7 Å². The fourth-order valence-electron chi connectivity index (χ4n) is 4.42. The molecule has 1 aliphatic rings. The normalized spacial score (nSPS) is 14.7. The molecule has 0 bridgehead atoms. The molecule has 1 unspecified atom stereocenters. The maximum Gasteiger partial charge on any atom is 0.322 e. The molecule has 1 atom stereocenters. The monoisotopic (exact) mass is 459 g/mol. The van der Waals surface area contributed by atoms with Gasteiger partial charge in [-0.3, -0.25) is 0 Å². The van der Waals surface area contributed by atoms with Crippen molar-refractivity contribution in [2.24, 2.45) is 0 Å². The number of rotatable bonds is 4. The predicted molar refractivity (Wildman–Crippen MR) is 126 cm³/mol. The molecule has 1 aromatic heterocycles. The molecular weight excluding hydrogens is 436 g/mol. The number of anilines is 1. The Labute approximate surface area is 196 Å². The molecule has 2 heterocycles. The van der Waals surface area contributed by atoms with E-state index >= 15 is 0 Å². The van der Waals surface area contributed by atoms with E-state index in [2.05, 4.69) is 5.32 Å². The molecule has 4 aromatic rings. The van der Waals surface area contributed by atoms with Crippen LogP contribution in [0.1, 0.15) is 29.8 Å². The number of urea groups is 1. The molecule has 5 rings (SSSR count). The van der Waals surface area contributed by atoms with E-state index in [1.54, 1.807) is 29.2 Å². The van der Waals surface area contributed by atoms with Crippen molar-refractivity contribution in [1.29, 1.82) is 0 Å². The minimum Gasteiger partial charge on any atom is -0.494 e. The summed E-state index contributed by atoms with van der Waals surface area (Å²) in [5, 5.41) is 2.93. The maximum atomic E-state index is 14.2.